The van der Waals surface area contributed by atoms with Crippen molar-refractivity contribution in [3.05, 3.63) is 59.7 Å². The number of anilines is 1. The molecule has 1 heterocycles. The lowest BCUT2D eigenvalue weighted by atomic mass is 10.0. The highest BCUT2D eigenvalue weighted by molar-refractivity contribution is 7.99. The second kappa shape index (κ2) is 10.8. The second-order valence-electron chi connectivity index (χ2n) is 8.54. The van der Waals surface area contributed by atoms with Gasteiger partial charge in [-0.1, -0.05) is 36.4 Å². The van der Waals surface area contributed by atoms with Gasteiger partial charge in [0.25, 0.3) is 0 Å². The van der Waals surface area contributed by atoms with Crippen molar-refractivity contribution in [1.82, 2.24) is 4.72 Å². The molecule has 2 aromatic rings. The van der Waals surface area contributed by atoms with Gasteiger partial charge in [0, 0.05) is 35.1 Å². The molecule has 1 N–H and O–H groups in total. The van der Waals surface area contributed by atoms with Crippen molar-refractivity contribution in [2.75, 3.05) is 23.8 Å². The van der Waals surface area contributed by atoms with Crippen LogP contribution in [0.5, 0.6) is 0 Å². The summed E-state index contributed by atoms with van der Waals surface area (Å²) >= 11 is 0.543. The number of fused-ring (bicyclic) bond motifs is 1. The first-order valence-electron chi connectivity index (χ1n) is 10.7. The average Bonchev–Trinajstić information content (AvgIpc) is 2.73. The maximum Gasteiger partial charge on any atom is 0.307 e. The van der Waals surface area contributed by atoms with Gasteiger partial charge < -0.3 is 14.2 Å². The van der Waals surface area contributed by atoms with E-state index in [0.717, 1.165) is 30.1 Å². The Morgan fingerprint density at radius 2 is 2.00 bits per heavy atom. The van der Waals surface area contributed by atoms with Gasteiger partial charge in [0.15, 0.2) is 0 Å². The fraction of sp³-hybridized carbons (Fsp3) is 0.458. The molecule has 7 heteroatoms. The molecule has 0 radical (unpaired) electrons. The van der Waals surface area contributed by atoms with E-state index < -0.39 is 16.1 Å². The van der Waals surface area contributed by atoms with E-state index in [2.05, 4.69) is 46.0 Å². The van der Waals surface area contributed by atoms with Crippen molar-refractivity contribution in [1.29, 1.82) is 0 Å². The summed E-state index contributed by atoms with van der Waals surface area (Å²) in [5, 5.41) is 0. The van der Waals surface area contributed by atoms with E-state index in [9.17, 15) is 9.35 Å². The third kappa shape index (κ3) is 6.65. The first-order chi connectivity index (χ1) is 14.8. The van der Waals surface area contributed by atoms with Gasteiger partial charge >= 0.3 is 5.97 Å². The van der Waals surface area contributed by atoms with Gasteiger partial charge in [-0.05, 0) is 51.0 Å². The number of benzene rings is 2. The molecular weight excluding hydrogens is 428 g/mol. The highest BCUT2D eigenvalue weighted by atomic mass is 32.2. The molecule has 0 fully saturated rings. The van der Waals surface area contributed by atoms with E-state index in [1.807, 2.05) is 44.7 Å². The number of nitrogens with one attached hydrogen (secondary N) is 1. The maximum absolute atomic E-state index is 12.8. The van der Waals surface area contributed by atoms with Crippen LogP contribution in [0, 0.1) is 0 Å². The standard InChI is InChI=1S/C24H32N2O3S2/c1-5-29-23(27)16-20(25-31(28)24(2,3)4)19-11-12-22-21(15-19)26(13-14-30-22)17-18-9-7-6-8-10-18/h6-12,15,20,25H,5,13-14,16-17H2,1-4H3. The predicted molar refractivity (Wildman–Crippen MR) is 130 cm³/mol. The zero-order valence-electron chi connectivity index (χ0n) is 18.7. The number of ether oxygens (including phenoxy) is 1. The molecule has 0 aliphatic carbocycles. The minimum absolute atomic E-state index is 0.139. The molecule has 0 amide bonds. The molecule has 31 heavy (non-hydrogen) atoms. The summed E-state index contributed by atoms with van der Waals surface area (Å²) in [4.78, 5) is 15.9. The van der Waals surface area contributed by atoms with Gasteiger partial charge in [-0.25, -0.2) is 0 Å². The van der Waals surface area contributed by atoms with E-state index >= 15 is 0 Å². The van der Waals surface area contributed by atoms with Crippen LogP contribution in [0.2, 0.25) is 0 Å². The molecule has 0 saturated heterocycles. The van der Waals surface area contributed by atoms with Crippen molar-refractivity contribution in [2.24, 2.45) is 0 Å². The van der Waals surface area contributed by atoms with Crippen LogP contribution in [0.3, 0.4) is 0 Å². The summed E-state index contributed by atoms with van der Waals surface area (Å²) in [7, 11) is 0. The Labute approximate surface area is 193 Å². The highest BCUT2D eigenvalue weighted by Gasteiger charge is 2.32. The molecule has 1 aliphatic heterocycles. The van der Waals surface area contributed by atoms with Crippen molar-refractivity contribution in [3.8, 4) is 0 Å². The summed E-state index contributed by atoms with van der Waals surface area (Å²) < 4.78 is 20.7. The first-order valence-corrected chi connectivity index (χ1v) is 12.8. The topological polar surface area (TPSA) is 64.6 Å². The molecule has 2 unspecified atom stereocenters. The summed E-state index contributed by atoms with van der Waals surface area (Å²) in [6, 6.07) is 16.4. The third-order valence-corrected chi connectivity index (χ3v) is 7.70. The summed E-state index contributed by atoms with van der Waals surface area (Å²) in [6.07, 6.45) is 0.139. The minimum Gasteiger partial charge on any atom is -0.598 e. The van der Waals surface area contributed by atoms with E-state index in [1.54, 1.807) is 6.92 Å². The molecule has 2 atom stereocenters. The molecular formula is C24H32N2O3S2. The lowest BCUT2D eigenvalue weighted by Crippen LogP contribution is -2.42. The fourth-order valence-corrected chi connectivity index (χ4v) is 5.26. The normalized spacial score (nSPS) is 15.8. The molecule has 0 aromatic heterocycles. The fourth-order valence-electron chi connectivity index (χ4n) is 3.39. The van der Waals surface area contributed by atoms with E-state index in [-0.39, 0.29) is 18.4 Å². The number of hydrogen-bond donors (Lipinski definition) is 1. The van der Waals surface area contributed by atoms with Gasteiger partial charge in [-0.15, -0.1) is 16.5 Å². The molecule has 168 valence electrons. The largest absolute Gasteiger partial charge is 0.598 e. The van der Waals surface area contributed by atoms with Gasteiger partial charge in [0.1, 0.15) is 4.75 Å². The van der Waals surface area contributed by atoms with Crippen LogP contribution >= 0.6 is 11.8 Å². The van der Waals surface area contributed by atoms with Gasteiger partial charge in [-0.3, -0.25) is 4.79 Å². The number of rotatable bonds is 8. The van der Waals surface area contributed by atoms with Crippen LogP contribution in [0.15, 0.2) is 53.4 Å². The highest BCUT2D eigenvalue weighted by Crippen LogP contribution is 2.38. The summed E-state index contributed by atoms with van der Waals surface area (Å²) in [6.45, 7) is 9.68. The number of hydrogen-bond acceptors (Lipinski definition) is 6. The van der Waals surface area contributed by atoms with Crippen LogP contribution in [0.4, 0.5) is 5.69 Å². The van der Waals surface area contributed by atoms with Crippen molar-refractivity contribution >= 4 is 34.8 Å². The van der Waals surface area contributed by atoms with Crippen molar-refractivity contribution in [2.45, 2.75) is 56.3 Å². The van der Waals surface area contributed by atoms with Crippen molar-refractivity contribution < 1.29 is 14.1 Å². The Morgan fingerprint density at radius 3 is 2.68 bits per heavy atom. The number of nitrogens with zero attached hydrogens (tertiary/aromatic N) is 1. The van der Waals surface area contributed by atoms with Crippen molar-refractivity contribution in [3.63, 3.8) is 0 Å². The van der Waals surface area contributed by atoms with E-state index in [1.165, 1.54) is 10.5 Å². The number of carbonyl (C=O) groups is 1. The first kappa shape index (κ1) is 24.0. The van der Waals surface area contributed by atoms with Gasteiger partial charge in [0.05, 0.1) is 24.8 Å². The predicted octanol–water partition coefficient (Wildman–Crippen LogP) is 4.85. The summed E-state index contributed by atoms with van der Waals surface area (Å²) in [5.74, 6) is 0.747. The number of thioether (sulfide) groups is 1. The Kier molecular flexibility index (Phi) is 8.33. The van der Waals surface area contributed by atoms with Gasteiger partial charge in [0.2, 0.25) is 0 Å². The summed E-state index contributed by atoms with van der Waals surface area (Å²) in [5.41, 5.74) is 3.38. The zero-order valence-corrected chi connectivity index (χ0v) is 20.4. The number of carbonyl (C=O) groups excluding carboxylic acids is 1. The molecule has 0 spiro atoms. The molecule has 2 aromatic carbocycles. The van der Waals surface area contributed by atoms with Crippen LogP contribution in [0.1, 0.15) is 51.3 Å². The molecule has 0 saturated carbocycles. The molecule has 5 nitrogen and oxygen atoms in total. The van der Waals surface area contributed by atoms with Crippen LogP contribution in [-0.2, 0) is 27.4 Å². The SMILES string of the molecule is CCOC(=O)CC(N[S+]([O-])C(C)(C)C)c1ccc2c(c1)N(Cc1ccccc1)CCS2. The minimum atomic E-state index is -1.31. The Morgan fingerprint density at radius 1 is 1.26 bits per heavy atom. The Hall–Kier alpha value is -1.67. The molecule has 0 bridgehead atoms. The van der Waals surface area contributed by atoms with Gasteiger partial charge in [-0.2, -0.15) is 0 Å². The molecule has 1 aliphatic rings. The quantitative estimate of drug-likeness (QED) is 0.449. The molecule has 3 rings (SSSR count). The lowest BCUT2D eigenvalue weighted by molar-refractivity contribution is -0.143. The Bertz CT molecular complexity index is 871. The van der Waals surface area contributed by atoms with E-state index in [4.69, 9.17) is 4.74 Å². The van der Waals surface area contributed by atoms with Crippen LogP contribution < -0.4 is 9.62 Å². The third-order valence-electron chi connectivity index (χ3n) is 5.04. The van der Waals surface area contributed by atoms with E-state index in [0.29, 0.717) is 6.61 Å². The van der Waals surface area contributed by atoms with Crippen LogP contribution in [-0.4, -0.2) is 34.2 Å². The monoisotopic (exact) mass is 460 g/mol. The van der Waals surface area contributed by atoms with Crippen LogP contribution in [0.25, 0.3) is 0 Å². The lowest BCUT2D eigenvalue weighted by Gasteiger charge is -2.33. The zero-order chi connectivity index (χ0) is 22.4. The average molecular weight is 461 g/mol. The Balaban J connectivity index is 1.88. The smallest absolute Gasteiger partial charge is 0.307 e. The maximum atomic E-state index is 12.8. The second-order valence-corrected chi connectivity index (χ2v) is 11.7. The number of esters is 1.